The third-order valence-corrected chi connectivity index (χ3v) is 5.23. The van der Waals surface area contributed by atoms with Crippen LogP contribution in [0.4, 0.5) is 4.79 Å². The molecular weight excluding hydrogens is 410 g/mol. The summed E-state index contributed by atoms with van der Waals surface area (Å²) in [6.07, 6.45) is -0.100. The van der Waals surface area contributed by atoms with Crippen molar-refractivity contribution in [1.29, 1.82) is 0 Å². The van der Waals surface area contributed by atoms with Crippen molar-refractivity contribution in [2.75, 3.05) is 12.3 Å². The Kier molecular flexibility index (Phi) is 11.1. The number of carboxylic acid groups (broad SMARTS) is 1. The minimum absolute atomic E-state index is 0.0149. The molecule has 2 atom stereocenters. The molecule has 0 saturated heterocycles. The number of carbonyl (C=O) groups is 4. The Balaban J connectivity index is 2.87. The van der Waals surface area contributed by atoms with E-state index in [9.17, 15) is 24.3 Å². The molecule has 0 heterocycles. The summed E-state index contributed by atoms with van der Waals surface area (Å²) in [5, 5.41) is 11.8. The van der Waals surface area contributed by atoms with Gasteiger partial charge in [0.25, 0.3) is 0 Å². The molecule has 166 valence electrons. The number of amides is 1. The number of nitrogens with two attached hydrogens (primary N) is 2. The topological polar surface area (TPSA) is 162 Å². The first-order chi connectivity index (χ1) is 14.2. The van der Waals surface area contributed by atoms with Crippen LogP contribution in [0, 0.1) is 0 Å². The monoisotopic (exact) mass is 439 g/mol. The molecule has 30 heavy (non-hydrogen) atoms. The molecule has 0 bridgehead atoms. The Morgan fingerprint density at radius 1 is 1.20 bits per heavy atom. The van der Waals surface area contributed by atoms with Gasteiger partial charge in [0.1, 0.15) is 6.61 Å². The van der Waals surface area contributed by atoms with Crippen LogP contribution in [-0.4, -0.2) is 51.9 Å². The third kappa shape index (κ3) is 8.52. The van der Waals surface area contributed by atoms with Crippen LogP contribution in [0.1, 0.15) is 38.2 Å². The van der Waals surface area contributed by atoms with E-state index in [1.54, 1.807) is 24.3 Å². The molecule has 1 rings (SSSR count). The van der Waals surface area contributed by atoms with Crippen LogP contribution >= 0.6 is 11.8 Å². The van der Waals surface area contributed by atoms with E-state index in [4.69, 9.17) is 16.2 Å². The standard InChI is InChI=1S/C20H29N3O6S/c1-14(24)30-12-9-16(17(25)20(22,18(26)27)10-5-6-11-21)23-19(28)29-13-15-7-3-2-4-8-15/h2-4,7-8,16H,5-6,9-13,21-22H2,1H3,(H,23,28)(H,26,27)/t16-,20+/m0/s1. The molecule has 1 aromatic carbocycles. The van der Waals surface area contributed by atoms with E-state index in [1.165, 1.54) is 6.92 Å². The molecule has 0 radical (unpaired) electrons. The summed E-state index contributed by atoms with van der Waals surface area (Å²) < 4.78 is 5.13. The highest BCUT2D eigenvalue weighted by atomic mass is 32.2. The summed E-state index contributed by atoms with van der Waals surface area (Å²) in [5.41, 5.74) is 9.95. The lowest BCUT2D eigenvalue weighted by molar-refractivity contribution is -0.149. The average Bonchev–Trinajstić information content (AvgIpc) is 2.71. The predicted molar refractivity (Wildman–Crippen MR) is 114 cm³/mol. The third-order valence-electron chi connectivity index (χ3n) is 4.38. The highest BCUT2D eigenvalue weighted by molar-refractivity contribution is 8.13. The van der Waals surface area contributed by atoms with Gasteiger partial charge in [-0.25, -0.2) is 9.59 Å². The molecule has 0 saturated carbocycles. The number of ketones is 1. The van der Waals surface area contributed by atoms with E-state index < -0.39 is 29.4 Å². The van der Waals surface area contributed by atoms with Gasteiger partial charge in [-0.05, 0) is 37.8 Å². The zero-order chi connectivity index (χ0) is 22.6. The number of hydrogen-bond donors (Lipinski definition) is 4. The highest BCUT2D eigenvalue weighted by Gasteiger charge is 2.45. The van der Waals surface area contributed by atoms with Gasteiger partial charge >= 0.3 is 12.1 Å². The molecule has 0 aliphatic carbocycles. The van der Waals surface area contributed by atoms with E-state index in [1.807, 2.05) is 6.07 Å². The van der Waals surface area contributed by atoms with E-state index >= 15 is 0 Å². The van der Waals surface area contributed by atoms with E-state index in [2.05, 4.69) is 5.32 Å². The number of hydrogen-bond acceptors (Lipinski definition) is 8. The number of rotatable bonds is 13. The summed E-state index contributed by atoms with van der Waals surface area (Å²) in [6, 6.07) is 7.73. The number of benzene rings is 1. The molecule has 9 nitrogen and oxygen atoms in total. The molecule has 0 unspecified atom stereocenters. The van der Waals surface area contributed by atoms with E-state index in [-0.39, 0.29) is 30.3 Å². The van der Waals surface area contributed by atoms with Crippen molar-refractivity contribution in [2.24, 2.45) is 11.5 Å². The first-order valence-electron chi connectivity index (χ1n) is 9.58. The number of alkyl carbamates (subject to hydrolysis) is 1. The number of unbranched alkanes of at least 4 members (excludes halogenated alkanes) is 1. The van der Waals surface area contributed by atoms with E-state index in [0.717, 1.165) is 17.3 Å². The molecule has 10 heteroatoms. The van der Waals surface area contributed by atoms with Crippen LogP contribution in [0.2, 0.25) is 0 Å². The van der Waals surface area contributed by atoms with Gasteiger partial charge in [0.15, 0.2) is 16.4 Å². The first-order valence-corrected chi connectivity index (χ1v) is 10.6. The molecule has 0 fully saturated rings. The molecule has 0 spiro atoms. The maximum Gasteiger partial charge on any atom is 0.408 e. The molecule has 0 aliphatic rings. The largest absolute Gasteiger partial charge is 0.480 e. The number of aliphatic carboxylic acids is 1. The Labute approximate surface area is 179 Å². The van der Waals surface area contributed by atoms with Crippen LogP contribution in [0.25, 0.3) is 0 Å². The van der Waals surface area contributed by atoms with Crippen molar-refractivity contribution in [2.45, 2.75) is 50.8 Å². The normalized spacial score (nSPS) is 13.7. The zero-order valence-electron chi connectivity index (χ0n) is 17.0. The fraction of sp³-hybridized carbons (Fsp3) is 0.500. The maximum atomic E-state index is 13.0. The van der Waals surface area contributed by atoms with Gasteiger partial charge in [0.2, 0.25) is 0 Å². The Bertz CT molecular complexity index is 731. The molecular formula is C20H29N3O6S. The first kappa shape index (κ1) is 25.6. The van der Waals surface area contributed by atoms with Crippen LogP contribution in [0.15, 0.2) is 30.3 Å². The van der Waals surface area contributed by atoms with Crippen molar-refractivity contribution >= 4 is 34.7 Å². The summed E-state index contributed by atoms with van der Waals surface area (Å²) in [7, 11) is 0. The second-order valence-electron chi connectivity index (χ2n) is 6.77. The Morgan fingerprint density at radius 3 is 2.43 bits per heavy atom. The van der Waals surface area contributed by atoms with Crippen molar-refractivity contribution in [3.63, 3.8) is 0 Å². The fourth-order valence-corrected chi connectivity index (χ4v) is 3.33. The molecule has 0 aromatic heterocycles. The summed E-state index contributed by atoms with van der Waals surface area (Å²) in [4.78, 5) is 48.2. The van der Waals surface area contributed by atoms with E-state index in [0.29, 0.717) is 19.4 Å². The number of nitrogens with one attached hydrogen (secondary N) is 1. The van der Waals surface area contributed by atoms with Crippen molar-refractivity contribution in [3.05, 3.63) is 35.9 Å². The van der Waals surface area contributed by atoms with Gasteiger partial charge in [0, 0.05) is 12.7 Å². The quantitative estimate of drug-likeness (QED) is 0.263. The van der Waals surface area contributed by atoms with Gasteiger partial charge in [-0.2, -0.15) is 0 Å². The highest BCUT2D eigenvalue weighted by Crippen LogP contribution is 2.18. The van der Waals surface area contributed by atoms with Gasteiger partial charge in [-0.1, -0.05) is 42.1 Å². The predicted octanol–water partition coefficient (Wildman–Crippen LogP) is 1.43. The zero-order valence-corrected chi connectivity index (χ0v) is 17.8. The molecule has 1 amide bonds. The minimum Gasteiger partial charge on any atom is -0.480 e. The minimum atomic E-state index is -2.17. The lowest BCUT2D eigenvalue weighted by atomic mass is 9.84. The smallest absolute Gasteiger partial charge is 0.408 e. The van der Waals surface area contributed by atoms with Gasteiger partial charge < -0.3 is 26.6 Å². The average molecular weight is 440 g/mol. The molecule has 1 aromatic rings. The number of carbonyl (C=O) groups excluding carboxylic acids is 3. The van der Waals surface area contributed by atoms with Gasteiger partial charge in [-0.15, -0.1) is 0 Å². The van der Waals surface area contributed by atoms with Crippen molar-refractivity contribution in [1.82, 2.24) is 5.32 Å². The Morgan fingerprint density at radius 2 is 1.87 bits per heavy atom. The number of thioether (sulfide) groups is 1. The fourth-order valence-electron chi connectivity index (χ4n) is 2.69. The number of ether oxygens (including phenoxy) is 1. The number of Topliss-reactive ketones (excluding diaryl/α,β-unsaturated/α-hetero) is 1. The van der Waals surface area contributed by atoms with Crippen molar-refractivity contribution < 1.29 is 29.0 Å². The van der Waals surface area contributed by atoms with Crippen LogP contribution in [-0.2, 0) is 25.7 Å². The van der Waals surface area contributed by atoms with Crippen molar-refractivity contribution in [3.8, 4) is 0 Å². The summed E-state index contributed by atoms with van der Waals surface area (Å²) in [5.74, 6) is -2.11. The lowest BCUT2D eigenvalue weighted by Crippen LogP contribution is -2.61. The summed E-state index contributed by atoms with van der Waals surface area (Å²) in [6.45, 7) is 1.70. The second-order valence-corrected chi connectivity index (χ2v) is 8.05. The maximum absolute atomic E-state index is 13.0. The Hall–Kier alpha value is -2.43. The van der Waals surface area contributed by atoms with Crippen LogP contribution < -0.4 is 16.8 Å². The van der Waals surface area contributed by atoms with Gasteiger partial charge in [0.05, 0.1) is 6.04 Å². The SMILES string of the molecule is CC(=O)SCC[C@H](NC(=O)OCc1ccccc1)C(=O)[C@](N)(CCCCN)C(=O)O. The lowest BCUT2D eigenvalue weighted by Gasteiger charge is -2.28. The van der Waals surface area contributed by atoms with Gasteiger partial charge in [-0.3, -0.25) is 9.59 Å². The molecule has 0 aliphatic heterocycles. The van der Waals surface area contributed by atoms with Crippen LogP contribution in [0.3, 0.4) is 0 Å². The van der Waals surface area contributed by atoms with Crippen LogP contribution in [0.5, 0.6) is 0 Å². The second kappa shape index (κ2) is 13.0. The molecule has 6 N–H and O–H groups in total. The number of carboxylic acids is 1. The summed E-state index contributed by atoms with van der Waals surface area (Å²) >= 11 is 0.967.